The van der Waals surface area contributed by atoms with Gasteiger partial charge in [0, 0.05) is 26.3 Å². The van der Waals surface area contributed by atoms with Crippen molar-refractivity contribution in [3.63, 3.8) is 0 Å². The minimum Gasteiger partial charge on any atom is -0.369 e. The van der Waals surface area contributed by atoms with Crippen molar-refractivity contribution in [2.45, 2.75) is 44.0 Å². The van der Waals surface area contributed by atoms with Crippen molar-refractivity contribution >= 4 is 16.9 Å². The third-order valence-electron chi connectivity index (χ3n) is 5.00. The van der Waals surface area contributed by atoms with Crippen LogP contribution in [0.15, 0.2) is 21.9 Å². The molecule has 1 saturated carbocycles. The van der Waals surface area contributed by atoms with Crippen molar-refractivity contribution in [2.24, 2.45) is 14.1 Å². The van der Waals surface area contributed by atoms with E-state index in [1.165, 1.54) is 30.9 Å². The molecule has 1 fully saturated rings. The van der Waals surface area contributed by atoms with Crippen LogP contribution >= 0.6 is 0 Å². The Hall–Kier alpha value is -2.69. The molecule has 158 valence electrons. The zero-order valence-corrected chi connectivity index (χ0v) is 16.0. The van der Waals surface area contributed by atoms with Gasteiger partial charge in [-0.1, -0.05) is 0 Å². The second-order valence-electron chi connectivity index (χ2n) is 7.19. The topological polar surface area (TPSA) is 95.2 Å². The monoisotopic (exact) mass is 414 g/mol. The van der Waals surface area contributed by atoms with Crippen molar-refractivity contribution in [1.29, 1.82) is 0 Å². The van der Waals surface area contributed by atoms with Gasteiger partial charge >= 0.3 is 11.9 Å². The van der Waals surface area contributed by atoms with E-state index < -0.39 is 36.0 Å². The fraction of sp³-hybridized carbons (Fsp3) is 0.556. The van der Waals surface area contributed by atoms with Crippen molar-refractivity contribution < 1.29 is 22.7 Å². The molecule has 8 nitrogen and oxygen atoms in total. The molecular formula is C18H21F3N4O4. The fourth-order valence-corrected chi connectivity index (χ4v) is 3.50. The average Bonchev–Trinajstić information content (AvgIpc) is 2.68. The highest BCUT2D eigenvalue weighted by molar-refractivity contribution is 5.96. The highest BCUT2D eigenvalue weighted by atomic mass is 19.4. The summed E-state index contributed by atoms with van der Waals surface area (Å²) in [5, 5.41) is 2.89. The SMILES string of the molecule is Cn1c(=O)c2cc(C(=O)N[C@H]3CCC[C@@H](OCC(F)(F)F)C3)cnc2n(C)c1=O. The number of nitrogens with one attached hydrogen (secondary N) is 1. The molecule has 1 aliphatic carbocycles. The number of alkyl halides is 3. The smallest absolute Gasteiger partial charge is 0.369 e. The molecule has 2 aromatic rings. The number of amides is 1. The van der Waals surface area contributed by atoms with Crippen molar-refractivity contribution in [3.8, 4) is 0 Å². The molecule has 0 unspecified atom stereocenters. The third kappa shape index (κ3) is 4.66. The van der Waals surface area contributed by atoms with E-state index in [2.05, 4.69) is 10.3 Å². The Morgan fingerprint density at radius 1 is 1.28 bits per heavy atom. The number of hydrogen-bond donors (Lipinski definition) is 1. The normalized spacial score (nSPS) is 20.0. The van der Waals surface area contributed by atoms with Gasteiger partial charge in [0.15, 0.2) is 0 Å². The lowest BCUT2D eigenvalue weighted by Gasteiger charge is -2.30. The summed E-state index contributed by atoms with van der Waals surface area (Å²) < 4.78 is 44.0. The molecule has 0 bridgehead atoms. The molecule has 2 aromatic heterocycles. The van der Waals surface area contributed by atoms with Crippen LogP contribution in [0.1, 0.15) is 36.0 Å². The maximum absolute atomic E-state index is 12.6. The number of ether oxygens (including phenoxy) is 1. The van der Waals surface area contributed by atoms with Gasteiger partial charge in [0.25, 0.3) is 11.5 Å². The Labute approximate surface area is 163 Å². The quantitative estimate of drug-likeness (QED) is 0.813. The second-order valence-corrected chi connectivity index (χ2v) is 7.19. The predicted octanol–water partition coefficient (Wildman–Crippen LogP) is 1.25. The number of carbonyl (C=O) groups is 1. The first-order valence-electron chi connectivity index (χ1n) is 9.12. The van der Waals surface area contributed by atoms with Crippen LogP contribution < -0.4 is 16.6 Å². The van der Waals surface area contributed by atoms with Crippen LogP contribution in [0.5, 0.6) is 0 Å². The van der Waals surface area contributed by atoms with E-state index >= 15 is 0 Å². The second kappa shape index (κ2) is 7.97. The van der Waals surface area contributed by atoms with E-state index in [0.29, 0.717) is 19.3 Å². The Bertz CT molecular complexity index is 1040. The first kappa shape index (κ1) is 21.0. The first-order chi connectivity index (χ1) is 13.6. The van der Waals surface area contributed by atoms with Crippen LogP contribution in [0, 0.1) is 0 Å². The lowest BCUT2D eigenvalue weighted by Crippen LogP contribution is -2.41. The fourth-order valence-electron chi connectivity index (χ4n) is 3.50. The summed E-state index contributed by atoms with van der Waals surface area (Å²) in [6.45, 7) is -1.31. The van der Waals surface area contributed by atoms with Crippen molar-refractivity contribution in [2.75, 3.05) is 6.61 Å². The summed E-state index contributed by atoms with van der Waals surface area (Å²) in [5.74, 6) is -0.489. The summed E-state index contributed by atoms with van der Waals surface area (Å²) >= 11 is 0. The van der Waals surface area contributed by atoms with E-state index in [1.807, 2.05) is 0 Å². The minimum absolute atomic E-state index is 0.122. The lowest BCUT2D eigenvalue weighted by atomic mass is 9.92. The number of nitrogens with zero attached hydrogens (tertiary/aromatic N) is 3. The summed E-state index contributed by atoms with van der Waals surface area (Å²) in [6, 6.07) is 1.02. The largest absolute Gasteiger partial charge is 0.411 e. The molecular weight excluding hydrogens is 393 g/mol. The summed E-state index contributed by atoms with van der Waals surface area (Å²) in [4.78, 5) is 40.9. The van der Waals surface area contributed by atoms with Crippen molar-refractivity contribution in [1.82, 2.24) is 19.4 Å². The molecule has 0 radical (unpaired) electrons. The number of aryl methyl sites for hydroxylation is 1. The Kier molecular flexibility index (Phi) is 5.78. The molecule has 2 heterocycles. The molecule has 1 N–H and O–H groups in total. The van der Waals surface area contributed by atoms with Crippen LogP contribution in [-0.4, -0.2) is 45.0 Å². The predicted molar refractivity (Wildman–Crippen MR) is 97.7 cm³/mol. The van der Waals surface area contributed by atoms with Gasteiger partial charge in [0.1, 0.15) is 12.3 Å². The van der Waals surface area contributed by atoms with Crippen LogP contribution in [-0.2, 0) is 18.8 Å². The average molecular weight is 414 g/mol. The summed E-state index contributed by atoms with van der Waals surface area (Å²) in [7, 11) is 2.81. The number of halogens is 3. The maximum Gasteiger partial charge on any atom is 0.411 e. The molecule has 0 spiro atoms. The van der Waals surface area contributed by atoms with Gasteiger partial charge in [-0.15, -0.1) is 0 Å². The zero-order valence-electron chi connectivity index (χ0n) is 16.0. The highest BCUT2D eigenvalue weighted by Crippen LogP contribution is 2.24. The molecule has 2 atom stereocenters. The first-order valence-corrected chi connectivity index (χ1v) is 9.12. The van der Waals surface area contributed by atoms with Gasteiger partial charge in [-0.05, 0) is 31.7 Å². The minimum atomic E-state index is -4.39. The Morgan fingerprint density at radius 3 is 2.69 bits per heavy atom. The number of fused-ring (bicyclic) bond motifs is 1. The van der Waals surface area contributed by atoms with Crippen molar-refractivity contribution in [3.05, 3.63) is 38.7 Å². The lowest BCUT2D eigenvalue weighted by molar-refractivity contribution is -0.188. The number of aromatic nitrogens is 3. The number of pyridine rings is 1. The molecule has 0 saturated heterocycles. The van der Waals surface area contributed by atoms with E-state index in [4.69, 9.17) is 4.74 Å². The van der Waals surface area contributed by atoms with Crippen LogP contribution in [0.3, 0.4) is 0 Å². The Morgan fingerprint density at radius 2 is 2.00 bits per heavy atom. The number of hydrogen-bond acceptors (Lipinski definition) is 5. The molecule has 1 aliphatic rings. The van der Waals surface area contributed by atoms with Crippen LogP contribution in [0.2, 0.25) is 0 Å². The standard InChI is InChI=1S/C18H21F3N4O4/c1-24-14-13(16(27)25(2)17(24)28)6-10(8-22-14)15(26)23-11-4-3-5-12(7-11)29-9-18(19,20)21/h6,8,11-12H,3-5,7,9H2,1-2H3,(H,23,26)/t11-,12+/m0/s1. The molecule has 3 rings (SSSR count). The Balaban J connectivity index is 1.74. The van der Waals surface area contributed by atoms with E-state index in [0.717, 1.165) is 4.57 Å². The van der Waals surface area contributed by atoms with Gasteiger partial charge in [0.05, 0.1) is 17.1 Å². The van der Waals surface area contributed by atoms with E-state index in [-0.39, 0.29) is 29.1 Å². The zero-order chi connectivity index (χ0) is 21.3. The van der Waals surface area contributed by atoms with Gasteiger partial charge in [-0.3, -0.25) is 18.7 Å². The summed E-state index contributed by atoms with van der Waals surface area (Å²) in [6.07, 6.45) is -1.67. The van der Waals surface area contributed by atoms with E-state index in [1.54, 1.807) is 0 Å². The summed E-state index contributed by atoms with van der Waals surface area (Å²) in [5.41, 5.74) is -0.803. The van der Waals surface area contributed by atoms with Crippen LogP contribution in [0.25, 0.3) is 11.0 Å². The number of carbonyl (C=O) groups excluding carboxylic acids is 1. The number of rotatable bonds is 4. The molecule has 1 amide bonds. The van der Waals surface area contributed by atoms with Gasteiger partial charge in [-0.25, -0.2) is 9.78 Å². The van der Waals surface area contributed by atoms with Gasteiger partial charge in [0.2, 0.25) is 0 Å². The van der Waals surface area contributed by atoms with Gasteiger partial charge < -0.3 is 10.1 Å². The third-order valence-corrected chi connectivity index (χ3v) is 5.00. The highest BCUT2D eigenvalue weighted by Gasteiger charge is 2.31. The van der Waals surface area contributed by atoms with Crippen LogP contribution in [0.4, 0.5) is 13.2 Å². The molecule has 0 aliphatic heterocycles. The maximum atomic E-state index is 12.6. The van der Waals surface area contributed by atoms with E-state index in [9.17, 15) is 27.6 Å². The molecule has 0 aromatic carbocycles. The van der Waals surface area contributed by atoms with Gasteiger partial charge in [-0.2, -0.15) is 13.2 Å². The molecule has 11 heteroatoms. The molecule has 29 heavy (non-hydrogen) atoms.